The van der Waals surface area contributed by atoms with Crippen molar-refractivity contribution >= 4 is 5.78 Å². The number of rotatable bonds is 4. The first-order valence-electron chi connectivity index (χ1n) is 7.10. The lowest BCUT2D eigenvalue weighted by molar-refractivity contribution is -0.126. The predicted molar refractivity (Wildman–Crippen MR) is 69.5 cm³/mol. The summed E-state index contributed by atoms with van der Waals surface area (Å²) in [5.74, 6) is 0.597. The molecule has 1 aliphatic carbocycles. The average molecular weight is 255 g/mol. The van der Waals surface area contributed by atoms with Gasteiger partial charge in [0.05, 0.1) is 5.60 Å². The summed E-state index contributed by atoms with van der Waals surface area (Å²) in [4.78, 5) is 13.9. The summed E-state index contributed by atoms with van der Waals surface area (Å²) in [6.45, 7) is 2.74. The molecule has 4 heteroatoms. The van der Waals surface area contributed by atoms with Crippen LogP contribution in [-0.2, 0) is 9.53 Å². The highest BCUT2D eigenvalue weighted by Gasteiger charge is 2.32. The van der Waals surface area contributed by atoms with E-state index in [-0.39, 0.29) is 5.92 Å². The second kappa shape index (κ2) is 6.13. The van der Waals surface area contributed by atoms with Crippen molar-refractivity contribution in [2.24, 2.45) is 5.92 Å². The van der Waals surface area contributed by atoms with Crippen molar-refractivity contribution in [2.45, 2.75) is 44.1 Å². The van der Waals surface area contributed by atoms with Gasteiger partial charge in [0.15, 0.2) is 0 Å². The lowest BCUT2D eigenvalue weighted by Gasteiger charge is -2.36. The maximum Gasteiger partial charge on any atom is 0.137 e. The third-order valence-electron chi connectivity index (χ3n) is 4.20. The van der Waals surface area contributed by atoms with Crippen LogP contribution in [0.3, 0.4) is 0 Å². The molecule has 2 aliphatic rings. The summed E-state index contributed by atoms with van der Waals surface area (Å²) >= 11 is 0. The van der Waals surface area contributed by atoms with Gasteiger partial charge in [-0.3, -0.25) is 4.79 Å². The Balaban J connectivity index is 1.80. The molecule has 1 aliphatic heterocycles. The monoisotopic (exact) mass is 255 g/mol. The molecule has 2 rings (SSSR count). The van der Waals surface area contributed by atoms with E-state index < -0.39 is 5.60 Å². The number of aliphatic hydroxyl groups is 1. The minimum Gasteiger partial charge on any atom is -0.388 e. The lowest BCUT2D eigenvalue weighted by Crippen LogP contribution is -2.47. The minimum absolute atomic E-state index is 0.187. The fourth-order valence-electron chi connectivity index (χ4n) is 3.10. The molecule has 1 saturated heterocycles. The van der Waals surface area contributed by atoms with Gasteiger partial charge in [-0.2, -0.15) is 0 Å². The van der Waals surface area contributed by atoms with Gasteiger partial charge in [0.1, 0.15) is 5.78 Å². The van der Waals surface area contributed by atoms with E-state index in [1.54, 1.807) is 0 Å². The molecule has 0 radical (unpaired) electrons. The van der Waals surface area contributed by atoms with Gasteiger partial charge < -0.3 is 14.7 Å². The van der Waals surface area contributed by atoms with Crippen molar-refractivity contribution in [3.05, 3.63) is 0 Å². The maximum atomic E-state index is 11.8. The normalized spacial score (nSPS) is 28.6. The van der Waals surface area contributed by atoms with Gasteiger partial charge in [0.2, 0.25) is 0 Å². The molecular formula is C14H25NO3. The molecule has 0 aromatic carbocycles. The molecule has 104 valence electrons. The fraction of sp³-hybridized carbons (Fsp3) is 0.929. The van der Waals surface area contributed by atoms with Crippen LogP contribution in [0.25, 0.3) is 0 Å². The second-order valence-electron chi connectivity index (χ2n) is 5.94. The molecule has 1 heterocycles. The van der Waals surface area contributed by atoms with Crippen LogP contribution < -0.4 is 0 Å². The topological polar surface area (TPSA) is 49.8 Å². The summed E-state index contributed by atoms with van der Waals surface area (Å²) in [5.41, 5.74) is -0.620. The number of hydrogen-bond acceptors (Lipinski definition) is 4. The zero-order valence-corrected chi connectivity index (χ0v) is 11.4. The first-order valence-corrected chi connectivity index (χ1v) is 7.10. The van der Waals surface area contributed by atoms with E-state index in [9.17, 15) is 9.90 Å². The number of ether oxygens (including phenoxy) is 1. The Kier molecular flexibility index (Phi) is 4.76. The molecule has 1 N–H and O–H groups in total. The summed E-state index contributed by atoms with van der Waals surface area (Å²) in [5, 5.41) is 10.4. The van der Waals surface area contributed by atoms with Crippen LogP contribution in [0.4, 0.5) is 0 Å². The van der Waals surface area contributed by atoms with E-state index in [1.807, 2.05) is 7.05 Å². The van der Waals surface area contributed by atoms with Crippen molar-refractivity contribution in [3.63, 3.8) is 0 Å². The zero-order chi connectivity index (χ0) is 13.0. The summed E-state index contributed by atoms with van der Waals surface area (Å²) in [7, 11) is 2.01. The van der Waals surface area contributed by atoms with Gasteiger partial charge in [-0.25, -0.2) is 0 Å². The molecule has 0 bridgehead atoms. The van der Waals surface area contributed by atoms with E-state index in [2.05, 4.69) is 4.90 Å². The summed E-state index contributed by atoms with van der Waals surface area (Å²) in [6.07, 6.45) is 5.40. The van der Waals surface area contributed by atoms with E-state index >= 15 is 0 Å². The summed E-state index contributed by atoms with van der Waals surface area (Å²) in [6, 6.07) is 0. The molecule has 18 heavy (non-hydrogen) atoms. The Morgan fingerprint density at radius 2 is 2.11 bits per heavy atom. The quantitative estimate of drug-likeness (QED) is 0.820. The molecule has 1 saturated carbocycles. The van der Waals surface area contributed by atoms with Crippen LogP contribution >= 0.6 is 0 Å². The number of Topliss-reactive ketones (excluding diaryl/α,β-unsaturated/α-hetero) is 1. The molecule has 1 atom stereocenters. The number of likely N-dealkylation sites (N-methyl/N-ethyl adjacent to an activating group) is 1. The standard InChI is InChI=1S/C14H25NO3/c1-15(10-12-4-2-3-5-13(12)16)11-14(17)6-8-18-9-7-14/h12,17H,2-11H2,1H3. The van der Waals surface area contributed by atoms with Gasteiger partial charge >= 0.3 is 0 Å². The molecular weight excluding hydrogens is 230 g/mol. The highest BCUT2D eigenvalue weighted by molar-refractivity contribution is 5.81. The van der Waals surface area contributed by atoms with Crippen molar-refractivity contribution in [1.29, 1.82) is 0 Å². The Morgan fingerprint density at radius 3 is 2.78 bits per heavy atom. The van der Waals surface area contributed by atoms with Crippen LogP contribution in [0.1, 0.15) is 38.5 Å². The first-order chi connectivity index (χ1) is 8.59. The van der Waals surface area contributed by atoms with Gasteiger partial charge in [0, 0.05) is 51.5 Å². The highest BCUT2D eigenvalue weighted by atomic mass is 16.5. The van der Waals surface area contributed by atoms with Gasteiger partial charge in [0.25, 0.3) is 0 Å². The Morgan fingerprint density at radius 1 is 1.39 bits per heavy atom. The largest absolute Gasteiger partial charge is 0.388 e. The molecule has 4 nitrogen and oxygen atoms in total. The zero-order valence-electron chi connectivity index (χ0n) is 11.4. The van der Waals surface area contributed by atoms with Crippen LogP contribution in [0, 0.1) is 5.92 Å². The third-order valence-corrected chi connectivity index (χ3v) is 4.20. The van der Waals surface area contributed by atoms with E-state index in [4.69, 9.17) is 4.74 Å². The van der Waals surface area contributed by atoms with E-state index in [0.717, 1.165) is 25.8 Å². The minimum atomic E-state index is -0.620. The van der Waals surface area contributed by atoms with Crippen molar-refractivity contribution in [2.75, 3.05) is 33.4 Å². The van der Waals surface area contributed by atoms with Gasteiger partial charge in [-0.05, 0) is 19.9 Å². The molecule has 0 aromatic heterocycles. The van der Waals surface area contributed by atoms with Crippen molar-refractivity contribution < 1.29 is 14.6 Å². The number of nitrogens with zero attached hydrogens (tertiary/aromatic N) is 1. The smallest absolute Gasteiger partial charge is 0.137 e. The van der Waals surface area contributed by atoms with E-state index in [0.29, 0.717) is 38.4 Å². The lowest BCUT2D eigenvalue weighted by atomic mass is 9.87. The van der Waals surface area contributed by atoms with E-state index in [1.165, 1.54) is 6.42 Å². The van der Waals surface area contributed by atoms with Crippen LogP contribution in [0.15, 0.2) is 0 Å². The van der Waals surface area contributed by atoms with Gasteiger partial charge in [-0.15, -0.1) is 0 Å². The van der Waals surface area contributed by atoms with Crippen LogP contribution in [0.2, 0.25) is 0 Å². The van der Waals surface area contributed by atoms with Crippen LogP contribution in [0.5, 0.6) is 0 Å². The number of ketones is 1. The molecule has 2 fully saturated rings. The number of carbonyl (C=O) groups excluding carboxylic acids is 1. The number of hydrogen-bond donors (Lipinski definition) is 1. The maximum absolute atomic E-state index is 11.8. The van der Waals surface area contributed by atoms with Crippen LogP contribution in [-0.4, -0.2) is 54.7 Å². The van der Waals surface area contributed by atoms with Crippen molar-refractivity contribution in [1.82, 2.24) is 4.90 Å². The fourth-order valence-corrected chi connectivity index (χ4v) is 3.10. The summed E-state index contributed by atoms with van der Waals surface area (Å²) < 4.78 is 5.28. The number of carbonyl (C=O) groups is 1. The molecule has 0 amide bonds. The highest BCUT2D eigenvalue weighted by Crippen LogP contribution is 2.24. The average Bonchev–Trinajstić information content (AvgIpc) is 2.32. The predicted octanol–water partition coefficient (Wildman–Crippen LogP) is 1.22. The van der Waals surface area contributed by atoms with Gasteiger partial charge in [-0.1, -0.05) is 6.42 Å². The third kappa shape index (κ3) is 3.77. The van der Waals surface area contributed by atoms with Crippen molar-refractivity contribution in [3.8, 4) is 0 Å². The molecule has 0 aromatic rings. The Labute approximate surface area is 109 Å². The molecule has 0 spiro atoms. The molecule has 1 unspecified atom stereocenters. The first kappa shape index (κ1) is 14.0. The Hall–Kier alpha value is -0.450. The second-order valence-corrected chi connectivity index (χ2v) is 5.94. The SMILES string of the molecule is CN(CC1CCCCC1=O)CC1(O)CCOCC1. The Bertz CT molecular complexity index is 287.